The molecule has 0 bridgehead atoms. The average molecular weight is 647 g/mol. The van der Waals surface area contributed by atoms with Gasteiger partial charge >= 0.3 is 0 Å². The van der Waals surface area contributed by atoms with Crippen LogP contribution in [-0.4, -0.2) is 25.5 Å². The van der Waals surface area contributed by atoms with Crippen molar-refractivity contribution in [1.29, 1.82) is 0 Å². The molecule has 0 radical (unpaired) electrons. The molecule has 0 aromatic heterocycles. The third-order valence-corrected chi connectivity index (χ3v) is 9.75. The lowest BCUT2D eigenvalue weighted by atomic mass is 9.94. The predicted octanol–water partition coefficient (Wildman–Crippen LogP) is 8.55. The lowest BCUT2D eigenvalue weighted by molar-refractivity contribution is 0.741. The molecule has 0 fully saturated rings. The molecule has 4 aliphatic heterocycles. The molecule has 5 aromatic carbocycles. The van der Waals surface area contributed by atoms with Crippen LogP contribution in [0.1, 0.15) is 17.2 Å². The van der Waals surface area contributed by atoms with Crippen molar-refractivity contribution >= 4 is 51.0 Å². The van der Waals surface area contributed by atoms with E-state index in [-0.39, 0.29) is 6.04 Å². The normalized spacial score (nSPS) is 17.7. The van der Waals surface area contributed by atoms with Gasteiger partial charge in [-0.1, -0.05) is 97.1 Å². The molecular weight excluding hydrogens is 611 g/mol. The van der Waals surface area contributed by atoms with E-state index in [1.807, 2.05) is 12.4 Å². The van der Waals surface area contributed by atoms with E-state index in [0.29, 0.717) is 0 Å². The monoisotopic (exact) mass is 646 g/mol. The summed E-state index contributed by atoms with van der Waals surface area (Å²) in [5.74, 6) is 0. The van der Waals surface area contributed by atoms with E-state index >= 15 is 0 Å². The van der Waals surface area contributed by atoms with E-state index in [9.17, 15) is 0 Å². The first-order valence-corrected chi connectivity index (χ1v) is 17.1. The topological polar surface area (TPSA) is 62.2 Å². The number of benzene rings is 5. The highest BCUT2D eigenvalue weighted by atomic mass is 14.9. The maximum Gasteiger partial charge on any atom is 0.300 e. The Morgan fingerprint density at radius 3 is 2.28 bits per heavy atom. The summed E-state index contributed by atoms with van der Waals surface area (Å²) in [6, 6.07) is 35.4. The van der Waals surface area contributed by atoms with Gasteiger partial charge in [0.25, 0.3) is 12.4 Å². The van der Waals surface area contributed by atoms with Gasteiger partial charge in [-0.3, -0.25) is 0 Å². The molecule has 1 unspecified atom stereocenters. The number of dihydropyridines is 3. The molecule has 4 heterocycles. The van der Waals surface area contributed by atoms with Gasteiger partial charge in [0, 0.05) is 54.2 Å². The molecule has 5 nitrogen and oxygen atoms in total. The van der Waals surface area contributed by atoms with E-state index in [0.717, 1.165) is 35.7 Å². The van der Waals surface area contributed by atoms with Crippen LogP contribution >= 0.6 is 0 Å². The number of hydrogen-bond donors (Lipinski definition) is 4. The zero-order valence-corrected chi connectivity index (χ0v) is 27.5. The van der Waals surface area contributed by atoms with Crippen molar-refractivity contribution in [3.8, 4) is 11.1 Å². The second-order valence-electron chi connectivity index (χ2n) is 13.0. The quantitative estimate of drug-likeness (QED) is 0.134. The number of hydrogen-bond acceptors (Lipinski definition) is 4. The van der Waals surface area contributed by atoms with Crippen molar-refractivity contribution in [3.63, 3.8) is 0 Å². The second kappa shape index (κ2) is 12.8. The Balaban J connectivity index is 1.03. The first-order valence-electron chi connectivity index (χ1n) is 17.1. The highest BCUT2D eigenvalue weighted by Crippen LogP contribution is 2.36. The van der Waals surface area contributed by atoms with E-state index in [1.165, 1.54) is 60.5 Å². The van der Waals surface area contributed by atoms with E-state index in [4.69, 9.17) is 0 Å². The molecule has 0 amide bonds. The standard InChI is InChI=1S/C45H35N5/c1-2-5-31-24-41(15-11-30(31)4-1)50-45-25-36(44-18-13-38(28-49-44)37-6-3-20-46-26-37)12-16-42(45)34-9-7-33-23-35(10-8-32(33)22-34)43-17-14-39(29-48-43)40-19-21-47-27-40/h1-19,21-28,44H,20,29H2,(H3,46,47,48,49,50)/p+1. The third kappa shape index (κ3) is 5.87. The van der Waals surface area contributed by atoms with E-state index < -0.39 is 0 Å². The van der Waals surface area contributed by atoms with Crippen LogP contribution in [0.5, 0.6) is 0 Å². The summed E-state index contributed by atoms with van der Waals surface area (Å²) in [5.41, 5.74) is 12.7. The molecule has 0 spiro atoms. The fourth-order valence-electron chi connectivity index (χ4n) is 7.00. The summed E-state index contributed by atoms with van der Waals surface area (Å²) >= 11 is 0. The molecular formula is C45H36N5+. The first kappa shape index (κ1) is 29.6. The summed E-state index contributed by atoms with van der Waals surface area (Å²) < 4.78 is 4.21. The minimum absolute atomic E-state index is 0.0658. The van der Waals surface area contributed by atoms with Crippen LogP contribution in [0.3, 0.4) is 0 Å². The van der Waals surface area contributed by atoms with Crippen molar-refractivity contribution < 1.29 is 0 Å². The van der Waals surface area contributed by atoms with Crippen LogP contribution in [0.2, 0.25) is 0 Å². The van der Waals surface area contributed by atoms with Crippen molar-refractivity contribution in [1.82, 2.24) is 20.6 Å². The number of anilines is 2. The molecule has 1 atom stereocenters. The summed E-state index contributed by atoms with van der Waals surface area (Å²) in [4.78, 5) is 0. The van der Waals surface area contributed by atoms with Crippen molar-refractivity contribution in [3.05, 3.63) is 185 Å². The largest absolute Gasteiger partial charge is 0.387 e. The molecule has 4 aliphatic rings. The van der Waals surface area contributed by atoms with Gasteiger partial charge in [0.15, 0.2) is 0 Å². The smallest absolute Gasteiger partial charge is 0.300 e. The predicted molar refractivity (Wildman–Crippen MR) is 211 cm³/mol. The molecule has 5 aromatic rings. The molecule has 0 saturated heterocycles. The van der Waals surface area contributed by atoms with Crippen LogP contribution < -0.4 is 25.9 Å². The van der Waals surface area contributed by atoms with Crippen LogP contribution in [0, 0.1) is 0 Å². The Morgan fingerprint density at radius 1 is 0.680 bits per heavy atom. The lowest BCUT2D eigenvalue weighted by Gasteiger charge is -2.22. The SMILES string of the molecule is C1=CC(C2=CNC(c3ccc(-c4ccc5cc(C6=CC=C(C7=CC=[N+]=C7)CN6)ccc5c4)c(Nc4ccc5ccccc5c4)c3)C=C2)=CNC1. The number of allylic oxidation sites excluding steroid dienone is 7. The lowest BCUT2D eigenvalue weighted by Crippen LogP contribution is -2.19. The maximum absolute atomic E-state index is 4.21. The Bertz CT molecular complexity index is 2480. The van der Waals surface area contributed by atoms with Crippen LogP contribution in [0.15, 0.2) is 174 Å². The van der Waals surface area contributed by atoms with Crippen LogP contribution in [0.4, 0.5) is 11.4 Å². The molecule has 240 valence electrons. The van der Waals surface area contributed by atoms with E-state index in [2.05, 4.69) is 178 Å². The molecule has 0 aliphatic carbocycles. The van der Waals surface area contributed by atoms with Gasteiger partial charge in [-0.25, -0.2) is 0 Å². The fourth-order valence-corrected chi connectivity index (χ4v) is 7.00. The van der Waals surface area contributed by atoms with Gasteiger partial charge in [0.1, 0.15) is 0 Å². The summed E-state index contributed by atoms with van der Waals surface area (Å²) in [5, 5.41) is 19.2. The Kier molecular flexibility index (Phi) is 7.58. The number of nitrogens with zero attached hydrogens (tertiary/aromatic N) is 1. The Labute approximate surface area is 291 Å². The molecule has 50 heavy (non-hydrogen) atoms. The first-order chi connectivity index (χ1) is 24.7. The highest BCUT2D eigenvalue weighted by Gasteiger charge is 2.17. The van der Waals surface area contributed by atoms with E-state index in [1.54, 1.807) is 0 Å². The van der Waals surface area contributed by atoms with Gasteiger partial charge < -0.3 is 21.3 Å². The van der Waals surface area contributed by atoms with Gasteiger partial charge in [0.2, 0.25) is 0 Å². The zero-order chi connectivity index (χ0) is 33.3. The molecule has 5 heteroatoms. The van der Waals surface area contributed by atoms with Gasteiger partial charge in [0.05, 0.1) is 11.6 Å². The van der Waals surface area contributed by atoms with Gasteiger partial charge in [-0.15, -0.1) is 4.67 Å². The summed E-state index contributed by atoms with van der Waals surface area (Å²) in [6.45, 7) is 1.66. The van der Waals surface area contributed by atoms with Crippen molar-refractivity contribution in [2.45, 2.75) is 6.04 Å². The highest BCUT2D eigenvalue weighted by molar-refractivity contribution is 5.98. The minimum Gasteiger partial charge on any atom is -0.387 e. The molecule has 0 saturated carbocycles. The number of fused-ring (bicyclic) bond motifs is 2. The number of rotatable bonds is 7. The minimum atomic E-state index is 0.0658. The van der Waals surface area contributed by atoms with Crippen molar-refractivity contribution in [2.24, 2.45) is 0 Å². The summed E-state index contributed by atoms with van der Waals surface area (Å²) in [7, 11) is 0. The van der Waals surface area contributed by atoms with Gasteiger partial charge in [-0.2, -0.15) is 0 Å². The maximum atomic E-state index is 4.21. The third-order valence-electron chi connectivity index (χ3n) is 9.75. The molecule has 4 N–H and O–H groups in total. The second-order valence-corrected chi connectivity index (χ2v) is 13.0. The van der Waals surface area contributed by atoms with Crippen molar-refractivity contribution in [2.75, 3.05) is 18.4 Å². The average Bonchev–Trinajstić information content (AvgIpc) is 3.74. The Morgan fingerprint density at radius 2 is 1.50 bits per heavy atom. The Hall–Kier alpha value is -6.55. The zero-order valence-electron chi connectivity index (χ0n) is 27.5. The molecule has 9 rings (SSSR count). The fraction of sp³-hybridized carbons (Fsp3) is 0.0667. The van der Waals surface area contributed by atoms with Crippen LogP contribution in [0.25, 0.3) is 38.4 Å². The number of nitrogens with one attached hydrogen (secondary N) is 4. The van der Waals surface area contributed by atoms with Gasteiger partial charge in [-0.05, 0) is 91.4 Å². The summed E-state index contributed by atoms with van der Waals surface area (Å²) in [6.07, 6.45) is 23.1. The van der Waals surface area contributed by atoms with Crippen LogP contribution in [-0.2, 0) is 0 Å².